The maximum absolute atomic E-state index is 12.7. The van der Waals surface area contributed by atoms with Crippen LogP contribution in [0.25, 0.3) is 17.0 Å². The molecule has 3 rings (SSSR count). The van der Waals surface area contributed by atoms with Crippen molar-refractivity contribution in [2.45, 2.75) is 32.9 Å². The summed E-state index contributed by atoms with van der Waals surface area (Å²) >= 11 is 0.829. The molecule has 0 aliphatic carbocycles. The second kappa shape index (κ2) is 7.67. The van der Waals surface area contributed by atoms with Gasteiger partial charge in [-0.15, -0.1) is 6.58 Å². The van der Waals surface area contributed by atoms with Crippen LogP contribution in [0, 0.1) is 0 Å². The smallest absolute Gasteiger partial charge is 0.326 e. The van der Waals surface area contributed by atoms with Gasteiger partial charge in [-0.2, -0.15) is 0 Å². The number of imide groups is 1. The average molecular weight is 398 g/mol. The summed E-state index contributed by atoms with van der Waals surface area (Å²) in [5, 5.41) is 0.500. The molecule has 0 N–H and O–H groups in total. The molecule has 146 valence electrons. The van der Waals surface area contributed by atoms with Gasteiger partial charge in [0.1, 0.15) is 12.1 Å². The molecule has 1 aliphatic heterocycles. The number of carbonyl (C=O) groups excluding carboxylic acids is 3. The van der Waals surface area contributed by atoms with Crippen LogP contribution in [0.1, 0.15) is 26.3 Å². The summed E-state index contributed by atoms with van der Waals surface area (Å²) in [6, 6.07) is 7.82. The molecule has 2 amide bonds. The fourth-order valence-corrected chi connectivity index (χ4v) is 3.79. The SMILES string of the molecule is C=CCn1cc(/C=C2\SC(=O)N(CC(=O)OC(C)(C)C)C2=O)c2ccccc21. The number of esters is 1. The van der Waals surface area contributed by atoms with Crippen LogP contribution in [0.3, 0.4) is 0 Å². The molecule has 1 aromatic carbocycles. The number of para-hydroxylation sites is 1. The standard InChI is InChI=1S/C21H22N2O4S/c1-5-10-22-12-14(15-8-6-7-9-16(15)22)11-17-19(25)23(20(26)28-17)13-18(24)27-21(2,3)4/h5-9,11-12H,1,10,13H2,2-4H3/b17-11-. The number of carbonyl (C=O) groups is 3. The van der Waals surface area contributed by atoms with Crippen molar-refractivity contribution in [1.82, 2.24) is 9.47 Å². The first-order valence-corrected chi connectivity index (χ1v) is 9.67. The first-order valence-electron chi connectivity index (χ1n) is 8.85. The van der Waals surface area contributed by atoms with Crippen LogP contribution in [-0.2, 0) is 20.9 Å². The molecule has 2 heterocycles. The number of nitrogens with zero attached hydrogens (tertiary/aromatic N) is 2. The lowest BCUT2D eigenvalue weighted by molar-refractivity contribution is -0.156. The molecule has 0 spiro atoms. The molecule has 0 saturated carbocycles. The second-order valence-electron chi connectivity index (χ2n) is 7.40. The van der Waals surface area contributed by atoms with Gasteiger partial charge in [-0.1, -0.05) is 24.3 Å². The van der Waals surface area contributed by atoms with Crippen molar-refractivity contribution in [2.75, 3.05) is 6.54 Å². The minimum Gasteiger partial charge on any atom is -0.459 e. The molecular formula is C21H22N2O4S. The first-order chi connectivity index (χ1) is 13.2. The highest BCUT2D eigenvalue weighted by atomic mass is 32.2. The van der Waals surface area contributed by atoms with Gasteiger partial charge in [0.2, 0.25) is 0 Å². The molecule has 28 heavy (non-hydrogen) atoms. The Morgan fingerprint density at radius 2 is 1.96 bits per heavy atom. The monoisotopic (exact) mass is 398 g/mol. The molecule has 1 saturated heterocycles. The Bertz CT molecular complexity index is 997. The molecule has 2 aromatic rings. The number of rotatable bonds is 5. The zero-order valence-electron chi connectivity index (χ0n) is 16.1. The van der Waals surface area contributed by atoms with Crippen LogP contribution >= 0.6 is 11.8 Å². The van der Waals surface area contributed by atoms with E-state index in [1.54, 1.807) is 32.9 Å². The molecule has 7 heteroatoms. The number of hydrogen-bond acceptors (Lipinski definition) is 5. The largest absolute Gasteiger partial charge is 0.459 e. The van der Waals surface area contributed by atoms with Crippen molar-refractivity contribution in [3.63, 3.8) is 0 Å². The van der Waals surface area contributed by atoms with E-state index >= 15 is 0 Å². The highest BCUT2D eigenvalue weighted by Crippen LogP contribution is 2.34. The van der Waals surface area contributed by atoms with Gasteiger partial charge in [0.15, 0.2) is 0 Å². The Morgan fingerprint density at radius 1 is 1.25 bits per heavy atom. The number of hydrogen-bond donors (Lipinski definition) is 0. The van der Waals surface area contributed by atoms with Gasteiger partial charge in [0.05, 0.1) is 4.91 Å². The normalized spacial score (nSPS) is 16.2. The van der Waals surface area contributed by atoms with Gasteiger partial charge in [0.25, 0.3) is 11.1 Å². The predicted molar refractivity (Wildman–Crippen MR) is 111 cm³/mol. The van der Waals surface area contributed by atoms with Gasteiger partial charge in [0, 0.05) is 29.2 Å². The van der Waals surface area contributed by atoms with Gasteiger partial charge in [-0.05, 0) is 44.7 Å². The van der Waals surface area contributed by atoms with E-state index in [4.69, 9.17) is 4.74 Å². The van der Waals surface area contributed by atoms with Crippen molar-refractivity contribution in [3.05, 3.63) is 53.6 Å². The summed E-state index contributed by atoms with van der Waals surface area (Å²) in [6.45, 7) is 9.21. The van der Waals surface area contributed by atoms with Crippen LogP contribution in [0.15, 0.2) is 48.0 Å². The average Bonchev–Trinajstić information content (AvgIpc) is 3.07. The summed E-state index contributed by atoms with van der Waals surface area (Å²) in [6.07, 6.45) is 5.42. The third kappa shape index (κ3) is 4.20. The van der Waals surface area contributed by atoms with E-state index < -0.39 is 29.3 Å². The zero-order valence-corrected chi connectivity index (χ0v) is 16.9. The summed E-state index contributed by atoms with van der Waals surface area (Å²) in [7, 11) is 0. The van der Waals surface area contributed by atoms with Crippen molar-refractivity contribution >= 4 is 45.9 Å². The maximum atomic E-state index is 12.7. The van der Waals surface area contributed by atoms with E-state index in [1.165, 1.54) is 0 Å². The van der Waals surface area contributed by atoms with Crippen molar-refractivity contribution < 1.29 is 19.1 Å². The van der Waals surface area contributed by atoms with Gasteiger partial charge >= 0.3 is 5.97 Å². The maximum Gasteiger partial charge on any atom is 0.326 e. The van der Waals surface area contributed by atoms with Gasteiger partial charge < -0.3 is 9.30 Å². The van der Waals surface area contributed by atoms with Crippen molar-refractivity contribution in [2.24, 2.45) is 0 Å². The zero-order chi connectivity index (χ0) is 20.5. The lowest BCUT2D eigenvalue weighted by Gasteiger charge is -2.21. The molecule has 1 fully saturated rings. The fourth-order valence-electron chi connectivity index (χ4n) is 2.96. The van der Waals surface area contributed by atoms with E-state index in [9.17, 15) is 14.4 Å². The Morgan fingerprint density at radius 3 is 2.64 bits per heavy atom. The fraction of sp³-hybridized carbons (Fsp3) is 0.286. The number of allylic oxidation sites excluding steroid dienone is 1. The van der Waals surface area contributed by atoms with Gasteiger partial charge in [-0.3, -0.25) is 19.3 Å². The van der Waals surface area contributed by atoms with Gasteiger partial charge in [-0.25, -0.2) is 0 Å². The molecular weight excluding hydrogens is 376 g/mol. The third-order valence-electron chi connectivity index (χ3n) is 4.01. The number of amides is 2. The number of benzene rings is 1. The van der Waals surface area contributed by atoms with Crippen molar-refractivity contribution in [1.29, 1.82) is 0 Å². The van der Waals surface area contributed by atoms with E-state index in [-0.39, 0.29) is 4.91 Å². The van der Waals surface area contributed by atoms with Crippen LogP contribution < -0.4 is 0 Å². The van der Waals surface area contributed by atoms with Crippen LogP contribution in [0.4, 0.5) is 4.79 Å². The summed E-state index contributed by atoms with van der Waals surface area (Å²) < 4.78 is 7.24. The second-order valence-corrected chi connectivity index (χ2v) is 8.39. The van der Waals surface area contributed by atoms with E-state index in [0.717, 1.165) is 33.1 Å². The molecule has 6 nitrogen and oxygen atoms in total. The molecule has 1 aliphatic rings. The first kappa shape index (κ1) is 19.9. The molecule has 0 unspecified atom stereocenters. The van der Waals surface area contributed by atoms with Crippen LogP contribution in [0.2, 0.25) is 0 Å². The summed E-state index contributed by atoms with van der Waals surface area (Å²) in [4.78, 5) is 38.2. The van der Waals surface area contributed by atoms with E-state index in [0.29, 0.717) is 6.54 Å². The molecule has 0 atom stereocenters. The lowest BCUT2D eigenvalue weighted by atomic mass is 10.1. The number of ether oxygens (including phenoxy) is 1. The van der Waals surface area contributed by atoms with Crippen LogP contribution in [0.5, 0.6) is 0 Å². The Labute approximate surface area is 167 Å². The minimum absolute atomic E-state index is 0.287. The molecule has 1 aromatic heterocycles. The number of fused-ring (bicyclic) bond motifs is 1. The van der Waals surface area contributed by atoms with E-state index in [1.807, 2.05) is 35.0 Å². The highest BCUT2D eigenvalue weighted by molar-refractivity contribution is 8.18. The Balaban J connectivity index is 1.87. The highest BCUT2D eigenvalue weighted by Gasteiger charge is 2.37. The third-order valence-corrected chi connectivity index (χ3v) is 4.92. The van der Waals surface area contributed by atoms with Crippen LogP contribution in [-0.4, -0.2) is 38.7 Å². The lowest BCUT2D eigenvalue weighted by Crippen LogP contribution is -2.37. The number of thioether (sulfide) groups is 1. The van der Waals surface area contributed by atoms with Crippen molar-refractivity contribution in [3.8, 4) is 0 Å². The summed E-state index contributed by atoms with van der Waals surface area (Å²) in [5.41, 5.74) is 1.17. The van der Waals surface area contributed by atoms with E-state index in [2.05, 4.69) is 6.58 Å². The topological polar surface area (TPSA) is 68.6 Å². The summed E-state index contributed by atoms with van der Waals surface area (Å²) in [5.74, 6) is -1.10. The molecule has 0 radical (unpaired) electrons. The predicted octanol–water partition coefficient (Wildman–Crippen LogP) is 4.21. The minimum atomic E-state index is -0.679. The molecule has 0 bridgehead atoms. The Kier molecular flexibility index (Phi) is 5.47. The quantitative estimate of drug-likeness (QED) is 0.429. The number of aromatic nitrogens is 1. The Hall–Kier alpha value is -2.80.